The highest BCUT2D eigenvalue weighted by Crippen LogP contribution is 2.55. The van der Waals surface area contributed by atoms with Crippen LogP contribution in [0.3, 0.4) is 0 Å². The van der Waals surface area contributed by atoms with Crippen molar-refractivity contribution < 1.29 is 36.6 Å². The molecule has 8 aliphatic rings. The number of rotatable bonds is 8. The summed E-state index contributed by atoms with van der Waals surface area (Å²) in [5, 5.41) is 6.70. The SMILES string of the molecule is CC1(C)c2ccccc2B2c3cc(-c4ccccc4)n(-c4ccccc4)c3Oc3c2c1c(-c1ccccc1)n3-c1ccccc1.CC1(C)c2ccccc2B2c3cc(-c4ccccc4)oc3Oc3oc(-c4ccccc4)c1c32.CC1(C)c2ccccc2B2c3cc(-c4ccccc4)sc3Oc3sc(-c4ccccc4)c1c32.CC1(C)c2ccccc2B2c3cc4c(cc3Oc3cc5oc6ccccc6c5c1c32)oc1ccccc14. The van der Waals surface area contributed by atoms with Gasteiger partial charge in [0.25, 0.3) is 38.7 Å². The Labute approximate surface area is 867 Å². The van der Waals surface area contributed by atoms with Gasteiger partial charge >= 0.3 is 0 Å². The van der Waals surface area contributed by atoms with Crippen LogP contribution in [0.25, 0.3) is 121 Å². The number of benzene rings is 16. The molecule has 16 heterocycles. The molecule has 0 atom stereocenters. The van der Waals surface area contributed by atoms with Crippen molar-refractivity contribution in [1.29, 1.82) is 0 Å². The van der Waals surface area contributed by atoms with Gasteiger partial charge in [-0.2, -0.15) is 0 Å². The Kier molecular flexibility index (Phi) is 19.7. The zero-order chi connectivity index (χ0) is 98.9. The first kappa shape index (κ1) is 87.7. The van der Waals surface area contributed by atoms with E-state index in [-0.39, 0.29) is 48.5 Å². The van der Waals surface area contributed by atoms with Crippen molar-refractivity contribution in [1.82, 2.24) is 9.13 Å². The lowest BCUT2D eigenvalue weighted by atomic mass is 9.30. The number of furan rings is 4. The van der Waals surface area contributed by atoms with E-state index in [9.17, 15) is 0 Å². The topological polar surface area (TPSA) is 99.3 Å². The van der Waals surface area contributed by atoms with Gasteiger partial charge in [-0.15, -0.1) is 0 Å². The highest BCUT2D eigenvalue weighted by Gasteiger charge is 2.56. The van der Waals surface area contributed by atoms with Gasteiger partial charge in [0.2, 0.25) is 11.8 Å². The summed E-state index contributed by atoms with van der Waals surface area (Å²) in [6.07, 6.45) is 0. The van der Waals surface area contributed by atoms with Gasteiger partial charge in [-0.05, 0) is 149 Å². The molecule has 0 saturated heterocycles. The minimum absolute atomic E-state index is 0.00500. The molecular weight excluding hydrogens is 1850 g/mol. The van der Waals surface area contributed by atoms with Crippen molar-refractivity contribution in [3.63, 3.8) is 0 Å². The fraction of sp³-hybridized carbons (Fsp3) is 0.0909. The zero-order valence-corrected chi connectivity index (χ0v) is 84.3. The monoisotopic (exact) mass is 1940 g/mol. The molecule has 704 valence electrons. The maximum Gasteiger partial charge on any atom is 0.288 e. The van der Waals surface area contributed by atoms with E-state index in [1.54, 1.807) is 11.3 Å². The zero-order valence-electron chi connectivity index (χ0n) is 82.7. The summed E-state index contributed by atoms with van der Waals surface area (Å²) in [5.74, 6) is 6.21. The summed E-state index contributed by atoms with van der Waals surface area (Å²) in [6.45, 7) is 19.0. The lowest BCUT2D eigenvalue weighted by Gasteiger charge is -2.41. The molecule has 0 aliphatic carbocycles. The number of aromatic nitrogens is 2. The second-order valence-corrected chi connectivity index (χ2v) is 44.1. The lowest BCUT2D eigenvalue weighted by molar-refractivity contribution is 0.289. The molecule has 8 aliphatic heterocycles. The van der Waals surface area contributed by atoms with Gasteiger partial charge in [0.15, 0.2) is 10.1 Å². The van der Waals surface area contributed by atoms with Crippen LogP contribution in [0.2, 0.25) is 0 Å². The van der Waals surface area contributed by atoms with Crippen LogP contribution in [-0.4, -0.2) is 36.0 Å². The predicted octanol–water partition coefficient (Wildman–Crippen LogP) is 26.5. The lowest BCUT2D eigenvalue weighted by Crippen LogP contribution is -2.62. The molecule has 16 heteroatoms. The first-order valence-corrected chi connectivity index (χ1v) is 52.7. The number of nitrogens with zero attached hydrogens (tertiary/aromatic N) is 2. The third-order valence-electron chi connectivity index (χ3n) is 32.4. The Morgan fingerprint density at radius 1 is 0.250 bits per heavy atom. The van der Waals surface area contributed by atoms with Gasteiger partial charge in [-0.1, -0.05) is 458 Å². The van der Waals surface area contributed by atoms with Gasteiger partial charge in [-0.25, -0.2) is 0 Å². The Hall–Kier alpha value is -16.9. The normalized spacial score (nSPS) is 14.6. The van der Waals surface area contributed by atoms with Crippen LogP contribution in [0.4, 0.5) is 0 Å². The largest absolute Gasteiger partial charge is 0.458 e. The maximum absolute atomic E-state index is 7.33. The number of hydrogen-bond donors (Lipinski definition) is 0. The van der Waals surface area contributed by atoms with E-state index >= 15 is 0 Å². The fourth-order valence-electron chi connectivity index (χ4n) is 26.0. The number of hydrogen-bond acceptors (Lipinski definition) is 10. The van der Waals surface area contributed by atoms with E-state index in [0.717, 1.165) is 128 Å². The molecular formula is C132H94B4N2O8S2. The molecule has 16 aromatic carbocycles. The Morgan fingerprint density at radius 2 is 0.709 bits per heavy atom. The predicted molar refractivity (Wildman–Crippen MR) is 611 cm³/mol. The molecule has 0 N–H and O–H groups in total. The average molecular weight is 1940 g/mol. The van der Waals surface area contributed by atoms with Crippen LogP contribution in [0, 0.1) is 0 Å². The third-order valence-corrected chi connectivity index (χ3v) is 34.6. The van der Waals surface area contributed by atoms with Crippen molar-refractivity contribution >= 4 is 159 Å². The summed E-state index contributed by atoms with van der Waals surface area (Å²) in [5.41, 5.74) is 39.9. The van der Waals surface area contributed by atoms with Crippen LogP contribution < -0.4 is 84.5 Å². The molecule has 8 aromatic heterocycles. The summed E-state index contributed by atoms with van der Waals surface area (Å²) in [7, 11) is 0. The highest BCUT2D eigenvalue weighted by atomic mass is 32.1. The highest BCUT2D eigenvalue weighted by molar-refractivity contribution is 7.23. The van der Waals surface area contributed by atoms with E-state index in [0.29, 0.717) is 11.9 Å². The van der Waals surface area contributed by atoms with Gasteiger partial charge < -0.3 is 36.6 Å². The second-order valence-electron chi connectivity index (χ2n) is 42.1. The van der Waals surface area contributed by atoms with Crippen LogP contribution >= 0.6 is 22.7 Å². The van der Waals surface area contributed by atoms with Crippen LogP contribution in [0.5, 0.6) is 45.3 Å². The smallest absolute Gasteiger partial charge is 0.288 e. The number of thiophene rings is 2. The summed E-state index contributed by atoms with van der Waals surface area (Å²) >= 11 is 3.57. The van der Waals surface area contributed by atoms with E-state index in [1.807, 2.05) is 65.9 Å². The summed E-state index contributed by atoms with van der Waals surface area (Å²) < 4.78 is 57.1. The number of fused-ring (bicyclic) bond motifs is 23. The first-order valence-electron chi connectivity index (χ1n) is 51.1. The molecule has 0 saturated carbocycles. The molecule has 148 heavy (non-hydrogen) atoms. The molecule has 0 spiro atoms. The molecule has 0 fully saturated rings. The molecule has 10 nitrogen and oxygen atoms in total. The molecule has 0 bridgehead atoms. The Bertz CT molecular complexity index is 9270. The minimum Gasteiger partial charge on any atom is -0.458 e. The molecule has 32 rings (SSSR count). The Morgan fingerprint density at radius 3 is 1.31 bits per heavy atom. The summed E-state index contributed by atoms with van der Waals surface area (Å²) in [6, 6.07) is 150. The minimum atomic E-state index is -0.256. The number of para-hydroxylation sites is 4. The quantitative estimate of drug-likeness (QED) is 0.139. The van der Waals surface area contributed by atoms with Crippen molar-refractivity contribution in [3.8, 4) is 123 Å². The van der Waals surface area contributed by atoms with Crippen molar-refractivity contribution in [2.24, 2.45) is 0 Å². The molecule has 24 aromatic rings. The van der Waals surface area contributed by atoms with Gasteiger partial charge in [0.1, 0.15) is 45.4 Å². The molecule has 0 amide bonds. The number of ether oxygens (including phenoxy) is 4. The van der Waals surface area contributed by atoms with Crippen molar-refractivity contribution in [2.45, 2.75) is 77.0 Å². The van der Waals surface area contributed by atoms with Crippen LogP contribution in [0.15, 0.2) is 442 Å². The maximum atomic E-state index is 7.33. The first-order chi connectivity index (χ1) is 72.5. The summed E-state index contributed by atoms with van der Waals surface area (Å²) in [4.78, 5) is 2.60. The van der Waals surface area contributed by atoms with Crippen LogP contribution in [0.1, 0.15) is 99.9 Å². The standard InChI is InChI=1S/C41H31BN2O.C33H21BO3.C29H21BO3.C29H21BOS2/c1-41(2)32-25-15-16-26-33(32)42-34-27-35(28-17-7-3-8-18-28)43(30-21-11-5-12-22-30)39(34)45-40-37(42)36(41)38(29-19-9-4-10-20-29)44(40)31-23-13-6-14-24-31;1-33(2)21-11-5-6-12-22(21)34-23-15-20-18-9-3-7-13-24(18)35-26(20)16-27(23)37-29-17-28-30(31(33)32(29)34)19-10-4-8-14-25(19)36-28;1-29(2)20-15-9-10-16-21(20)30-22-17-23(18-11-5-3-6-12-18)31-27(22)33-28-25(30)24(29)26(32-28)19-13-7-4-8-14-19;1-29(2)20-15-9-10-16-21(20)30-22-17-23(18-11-5-3-6-12-18)32-27(22)31-28-25(30)24(29)26(33-28)19-13-7-4-8-14-19/h3-27H,1-2H3;3-17H,1-2H3;2*3-17H,1-2H3. The average Bonchev–Trinajstić information content (AvgIpc) is 1.43. The van der Waals surface area contributed by atoms with Crippen molar-refractivity contribution in [2.75, 3.05) is 0 Å². The van der Waals surface area contributed by atoms with E-state index in [2.05, 4.69) is 435 Å². The molecule has 0 unspecified atom stereocenters. The fourth-order valence-corrected chi connectivity index (χ4v) is 28.5. The van der Waals surface area contributed by atoms with Gasteiger partial charge in [-0.3, -0.25) is 9.13 Å². The second kappa shape index (κ2) is 33.3. The van der Waals surface area contributed by atoms with E-state index in [4.69, 9.17) is 36.6 Å². The Balaban J connectivity index is 0.0000000938. The van der Waals surface area contributed by atoms with E-state index in [1.165, 1.54) is 137 Å². The van der Waals surface area contributed by atoms with E-state index < -0.39 is 0 Å². The van der Waals surface area contributed by atoms with Gasteiger partial charge in [0.05, 0.1) is 11.4 Å². The molecule has 0 radical (unpaired) electrons. The van der Waals surface area contributed by atoms with Crippen molar-refractivity contribution in [3.05, 3.63) is 469 Å². The van der Waals surface area contributed by atoms with Gasteiger partial charge in [0, 0.05) is 104 Å². The third kappa shape index (κ3) is 13.2. The van der Waals surface area contributed by atoms with Crippen LogP contribution in [-0.2, 0) is 21.7 Å².